The number of nitrogens with one attached hydrogen (secondary N) is 2. The summed E-state index contributed by atoms with van der Waals surface area (Å²) in [7, 11) is 1.33. The third-order valence-electron chi connectivity index (χ3n) is 4.04. The highest BCUT2D eigenvalue weighted by Gasteiger charge is 2.22. The van der Waals surface area contributed by atoms with Crippen molar-refractivity contribution >= 4 is 34.5 Å². The second kappa shape index (κ2) is 9.32. The molecule has 5 nitrogen and oxygen atoms in total. The number of thioether (sulfide) groups is 1. The molecule has 2 amide bonds. The lowest BCUT2D eigenvalue weighted by molar-refractivity contribution is -0.142. The van der Waals surface area contributed by atoms with E-state index in [0.717, 1.165) is 22.1 Å². The standard InChI is InChI=1S/C19H24N2O3S/c1-13(15-10-6-8-14-7-4-5-9-16(14)15)20-19(23)21-17(11-12-25-3)18(22)24-2/h4-10,13,17H,11-12H2,1-3H3,(H2,20,21,23)/t13-,17+/m0/s1. The number of benzene rings is 2. The number of urea groups is 1. The van der Waals surface area contributed by atoms with E-state index in [0.29, 0.717) is 6.42 Å². The maximum Gasteiger partial charge on any atom is 0.328 e. The summed E-state index contributed by atoms with van der Waals surface area (Å²) in [5, 5.41) is 7.85. The highest BCUT2D eigenvalue weighted by molar-refractivity contribution is 7.98. The lowest BCUT2D eigenvalue weighted by Crippen LogP contribution is -2.47. The molecule has 0 bridgehead atoms. The van der Waals surface area contributed by atoms with Crippen molar-refractivity contribution in [1.82, 2.24) is 10.6 Å². The first kappa shape index (κ1) is 19.1. The van der Waals surface area contributed by atoms with E-state index in [-0.39, 0.29) is 12.1 Å². The minimum atomic E-state index is -0.642. The number of fused-ring (bicyclic) bond motifs is 1. The van der Waals surface area contributed by atoms with Crippen LogP contribution < -0.4 is 10.6 Å². The van der Waals surface area contributed by atoms with E-state index in [9.17, 15) is 9.59 Å². The van der Waals surface area contributed by atoms with E-state index in [2.05, 4.69) is 10.6 Å². The number of hydrogen-bond acceptors (Lipinski definition) is 4. The zero-order valence-corrected chi connectivity index (χ0v) is 15.6. The third kappa shape index (κ3) is 5.13. The first-order valence-electron chi connectivity index (χ1n) is 8.18. The minimum Gasteiger partial charge on any atom is -0.467 e. The largest absolute Gasteiger partial charge is 0.467 e. The van der Waals surface area contributed by atoms with Crippen LogP contribution in [0.5, 0.6) is 0 Å². The van der Waals surface area contributed by atoms with Crippen LogP contribution in [0.1, 0.15) is 24.9 Å². The summed E-state index contributed by atoms with van der Waals surface area (Å²) in [6.07, 6.45) is 2.49. The average Bonchev–Trinajstić information content (AvgIpc) is 2.63. The van der Waals surface area contributed by atoms with Gasteiger partial charge in [-0.2, -0.15) is 11.8 Å². The fourth-order valence-electron chi connectivity index (χ4n) is 2.73. The number of hydrogen-bond donors (Lipinski definition) is 2. The summed E-state index contributed by atoms with van der Waals surface area (Å²) >= 11 is 1.62. The molecule has 2 aromatic rings. The molecule has 0 saturated heterocycles. The SMILES string of the molecule is COC(=O)[C@@H](CCSC)NC(=O)N[C@@H](C)c1cccc2ccccc12. The molecule has 6 heteroatoms. The molecule has 0 unspecified atom stereocenters. The van der Waals surface area contributed by atoms with Gasteiger partial charge in [-0.15, -0.1) is 0 Å². The normalized spacial score (nSPS) is 13.1. The van der Waals surface area contributed by atoms with Crippen LogP contribution in [-0.2, 0) is 9.53 Å². The molecule has 0 heterocycles. The molecule has 0 aliphatic heterocycles. The summed E-state index contributed by atoms with van der Waals surface area (Å²) < 4.78 is 4.77. The Morgan fingerprint density at radius 3 is 2.56 bits per heavy atom. The zero-order valence-electron chi connectivity index (χ0n) is 14.7. The lowest BCUT2D eigenvalue weighted by Gasteiger charge is -2.20. The predicted molar refractivity (Wildman–Crippen MR) is 103 cm³/mol. The number of rotatable bonds is 7. The van der Waals surface area contributed by atoms with Crippen LogP contribution in [0.25, 0.3) is 10.8 Å². The molecule has 0 spiro atoms. The fraction of sp³-hybridized carbons (Fsp3) is 0.368. The van der Waals surface area contributed by atoms with Gasteiger partial charge in [0.15, 0.2) is 0 Å². The van der Waals surface area contributed by atoms with Gasteiger partial charge >= 0.3 is 12.0 Å². The van der Waals surface area contributed by atoms with Crippen molar-refractivity contribution in [2.24, 2.45) is 0 Å². The Labute approximate surface area is 152 Å². The lowest BCUT2D eigenvalue weighted by atomic mass is 10.00. The third-order valence-corrected chi connectivity index (χ3v) is 4.68. The van der Waals surface area contributed by atoms with E-state index in [1.165, 1.54) is 7.11 Å². The summed E-state index contributed by atoms with van der Waals surface area (Å²) in [5.74, 6) is 0.334. The van der Waals surface area contributed by atoms with Crippen LogP contribution in [0.4, 0.5) is 4.79 Å². The molecule has 0 fully saturated rings. The van der Waals surface area contributed by atoms with Crippen LogP contribution in [0.3, 0.4) is 0 Å². The van der Waals surface area contributed by atoms with E-state index in [1.807, 2.05) is 55.6 Å². The van der Waals surface area contributed by atoms with E-state index in [4.69, 9.17) is 4.74 Å². The van der Waals surface area contributed by atoms with Crippen molar-refractivity contribution in [2.75, 3.05) is 19.1 Å². The molecule has 2 aromatic carbocycles. The van der Waals surface area contributed by atoms with Crippen molar-refractivity contribution in [3.8, 4) is 0 Å². The van der Waals surface area contributed by atoms with Gasteiger partial charge in [0.1, 0.15) is 6.04 Å². The Hall–Kier alpha value is -2.21. The molecule has 2 N–H and O–H groups in total. The maximum absolute atomic E-state index is 12.3. The van der Waals surface area contributed by atoms with E-state index >= 15 is 0 Å². The Kier molecular flexibility index (Phi) is 7.13. The Morgan fingerprint density at radius 1 is 1.12 bits per heavy atom. The van der Waals surface area contributed by atoms with Gasteiger partial charge < -0.3 is 15.4 Å². The second-order valence-electron chi connectivity index (χ2n) is 5.77. The van der Waals surface area contributed by atoms with Crippen molar-refractivity contribution in [1.29, 1.82) is 0 Å². The topological polar surface area (TPSA) is 67.4 Å². The smallest absolute Gasteiger partial charge is 0.328 e. The van der Waals surface area contributed by atoms with Crippen LogP contribution in [0.15, 0.2) is 42.5 Å². The molecule has 134 valence electrons. The first-order valence-corrected chi connectivity index (χ1v) is 9.57. The molecule has 0 saturated carbocycles. The molecule has 0 aliphatic carbocycles. The van der Waals surface area contributed by atoms with Crippen LogP contribution in [0, 0.1) is 0 Å². The van der Waals surface area contributed by atoms with Crippen LogP contribution >= 0.6 is 11.8 Å². The minimum absolute atomic E-state index is 0.190. The van der Waals surface area contributed by atoms with E-state index < -0.39 is 12.0 Å². The second-order valence-corrected chi connectivity index (χ2v) is 6.75. The van der Waals surface area contributed by atoms with Crippen LogP contribution in [-0.4, -0.2) is 37.2 Å². The molecule has 0 radical (unpaired) electrons. The Balaban J connectivity index is 2.06. The summed E-state index contributed by atoms with van der Waals surface area (Å²) in [4.78, 5) is 24.1. The van der Waals surface area contributed by atoms with Crippen LogP contribution in [0.2, 0.25) is 0 Å². The molecular formula is C19H24N2O3S. The van der Waals surface area contributed by atoms with Crippen molar-refractivity contribution < 1.29 is 14.3 Å². The van der Waals surface area contributed by atoms with Gasteiger partial charge in [-0.05, 0) is 41.7 Å². The Bertz CT molecular complexity index is 730. The number of methoxy groups -OCH3 is 1. The Morgan fingerprint density at radius 2 is 1.84 bits per heavy atom. The quantitative estimate of drug-likeness (QED) is 0.742. The van der Waals surface area contributed by atoms with Crippen molar-refractivity contribution in [3.63, 3.8) is 0 Å². The molecule has 2 rings (SSSR count). The first-order chi connectivity index (χ1) is 12.1. The van der Waals surface area contributed by atoms with Gasteiger partial charge in [-0.1, -0.05) is 42.5 Å². The molecule has 0 aromatic heterocycles. The van der Waals surface area contributed by atoms with Gasteiger partial charge in [0.2, 0.25) is 0 Å². The molecule has 2 atom stereocenters. The number of carbonyl (C=O) groups excluding carboxylic acids is 2. The number of carbonyl (C=O) groups is 2. The number of ether oxygens (including phenoxy) is 1. The van der Waals surface area contributed by atoms with Gasteiger partial charge in [0, 0.05) is 0 Å². The maximum atomic E-state index is 12.3. The summed E-state index contributed by atoms with van der Waals surface area (Å²) in [5.41, 5.74) is 1.03. The highest BCUT2D eigenvalue weighted by Crippen LogP contribution is 2.23. The molecular weight excluding hydrogens is 336 g/mol. The number of amides is 2. The average molecular weight is 360 g/mol. The summed E-state index contributed by atoms with van der Waals surface area (Å²) in [6, 6.07) is 12.9. The molecule has 25 heavy (non-hydrogen) atoms. The van der Waals surface area contributed by atoms with Gasteiger partial charge in [-0.25, -0.2) is 9.59 Å². The van der Waals surface area contributed by atoms with Crippen molar-refractivity contribution in [2.45, 2.75) is 25.4 Å². The van der Waals surface area contributed by atoms with Gasteiger partial charge in [0.25, 0.3) is 0 Å². The van der Waals surface area contributed by atoms with Gasteiger partial charge in [0.05, 0.1) is 13.2 Å². The molecule has 0 aliphatic rings. The zero-order chi connectivity index (χ0) is 18.2. The van der Waals surface area contributed by atoms with E-state index in [1.54, 1.807) is 11.8 Å². The number of esters is 1. The monoisotopic (exact) mass is 360 g/mol. The highest BCUT2D eigenvalue weighted by atomic mass is 32.2. The van der Waals surface area contributed by atoms with Gasteiger partial charge in [-0.3, -0.25) is 0 Å². The summed E-state index contributed by atoms with van der Waals surface area (Å²) in [6.45, 7) is 1.93. The fourth-order valence-corrected chi connectivity index (χ4v) is 3.20. The predicted octanol–water partition coefficient (Wildman–Crippen LogP) is 3.49. The van der Waals surface area contributed by atoms with Crippen molar-refractivity contribution in [3.05, 3.63) is 48.0 Å².